The van der Waals surface area contributed by atoms with Crippen LogP contribution >= 0.6 is 11.6 Å². The molecule has 6 atom stereocenters. The average molecular weight is 632 g/mol. The van der Waals surface area contributed by atoms with Gasteiger partial charge < -0.3 is 30.2 Å². The van der Waals surface area contributed by atoms with Crippen molar-refractivity contribution >= 4 is 35.3 Å². The van der Waals surface area contributed by atoms with Gasteiger partial charge in [0, 0.05) is 18.8 Å². The summed E-state index contributed by atoms with van der Waals surface area (Å²) >= 11 is 6.34. The average Bonchev–Trinajstić information content (AvgIpc) is 3.88. The Balaban J connectivity index is 1.67. The predicted molar refractivity (Wildman–Crippen MR) is 166 cm³/mol. The highest BCUT2D eigenvalue weighted by molar-refractivity contribution is 6.32. The minimum atomic E-state index is -1.06. The largest absolute Gasteiger partial charge is 0.495 e. The van der Waals surface area contributed by atoms with Gasteiger partial charge in [0.2, 0.25) is 17.7 Å². The topological polar surface area (TPSA) is 135 Å². The normalized spacial score (nSPS) is 30.1. The second-order valence-electron chi connectivity index (χ2n) is 13.4. The lowest BCUT2D eigenvalue weighted by Crippen LogP contribution is -2.60. The van der Waals surface area contributed by atoms with Crippen molar-refractivity contribution in [1.82, 2.24) is 16.0 Å². The van der Waals surface area contributed by atoms with Crippen LogP contribution in [0, 0.1) is 17.3 Å². The van der Waals surface area contributed by atoms with E-state index in [-0.39, 0.29) is 42.8 Å². The van der Waals surface area contributed by atoms with Crippen LogP contribution in [0.1, 0.15) is 72.8 Å². The highest BCUT2D eigenvalue weighted by Gasteiger charge is 2.59. The maximum absolute atomic E-state index is 13.8. The molecule has 0 bridgehead atoms. The first-order chi connectivity index (χ1) is 20.7. The number of epoxide rings is 1. The molecule has 1 saturated carbocycles. The van der Waals surface area contributed by atoms with Gasteiger partial charge in [0.15, 0.2) is 0 Å². The van der Waals surface area contributed by atoms with Crippen molar-refractivity contribution in [2.45, 2.75) is 110 Å². The molecule has 0 aromatic heterocycles. The maximum atomic E-state index is 13.8. The van der Waals surface area contributed by atoms with Gasteiger partial charge in [-0.3, -0.25) is 14.4 Å². The van der Waals surface area contributed by atoms with Crippen molar-refractivity contribution in [3.8, 4) is 5.75 Å². The molecule has 1 aliphatic carbocycles. The van der Waals surface area contributed by atoms with Gasteiger partial charge in [-0.2, -0.15) is 0 Å². The third kappa shape index (κ3) is 7.75. The van der Waals surface area contributed by atoms with Gasteiger partial charge in [-0.15, -0.1) is 0 Å². The second-order valence-corrected chi connectivity index (χ2v) is 13.8. The Labute approximate surface area is 265 Å². The number of cyclic esters (lactones) is 1. The Morgan fingerprint density at radius 2 is 1.75 bits per heavy atom. The van der Waals surface area contributed by atoms with Gasteiger partial charge in [0.05, 0.1) is 35.3 Å². The molecule has 3 amide bonds. The number of rotatable bonds is 7. The van der Waals surface area contributed by atoms with Crippen LogP contribution in [0.5, 0.6) is 5.75 Å². The molecule has 2 fully saturated rings. The van der Waals surface area contributed by atoms with E-state index in [1.54, 1.807) is 38.1 Å². The van der Waals surface area contributed by atoms with Gasteiger partial charge in [0.1, 0.15) is 23.9 Å². The van der Waals surface area contributed by atoms with Gasteiger partial charge in [-0.1, -0.05) is 44.5 Å². The minimum absolute atomic E-state index is 0.0451. The molecule has 0 unspecified atom stereocenters. The third-order valence-electron chi connectivity index (χ3n) is 9.23. The first-order valence-electron chi connectivity index (χ1n) is 15.5. The number of carbonyl (C=O) groups is 4. The molecule has 1 aromatic carbocycles. The number of hydrogen-bond donors (Lipinski definition) is 3. The van der Waals surface area contributed by atoms with E-state index in [2.05, 4.69) is 16.0 Å². The molecule has 2 aliphatic heterocycles. The van der Waals surface area contributed by atoms with Crippen molar-refractivity contribution in [3.63, 3.8) is 0 Å². The summed E-state index contributed by atoms with van der Waals surface area (Å²) in [6.07, 6.45) is 4.37. The molecule has 4 rings (SSSR count). The van der Waals surface area contributed by atoms with E-state index in [9.17, 15) is 19.2 Å². The van der Waals surface area contributed by atoms with Crippen molar-refractivity contribution in [2.75, 3.05) is 7.11 Å². The van der Waals surface area contributed by atoms with Crippen LogP contribution in [0.15, 0.2) is 30.4 Å². The van der Waals surface area contributed by atoms with E-state index in [0.29, 0.717) is 30.0 Å². The lowest BCUT2D eigenvalue weighted by atomic mass is 9.80. The van der Waals surface area contributed by atoms with Crippen molar-refractivity contribution < 1.29 is 33.4 Å². The lowest BCUT2D eigenvalue weighted by Gasteiger charge is -2.36. The SMILES string of the molecule is COc1ccc(C[C@H]2NC(=O)/C=C/C[C@@H]([C@H](C)[C@H]3O[C@@H]3C)OC(=O)[C@H](CC(C)C)NC(=O)C(C)(C)C3(CC3)NC2=O)cc1Cl. The fourth-order valence-electron chi connectivity index (χ4n) is 5.97. The molecular weight excluding hydrogens is 586 g/mol. The highest BCUT2D eigenvalue weighted by atomic mass is 35.5. The summed E-state index contributed by atoms with van der Waals surface area (Å²) < 4.78 is 17.0. The van der Waals surface area contributed by atoms with Gasteiger partial charge in [-0.25, -0.2) is 4.79 Å². The van der Waals surface area contributed by atoms with Crippen LogP contribution in [0.4, 0.5) is 0 Å². The summed E-state index contributed by atoms with van der Waals surface area (Å²) in [6, 6.07) is 3.40. The molecule has 1 saturated heterocycles. The summed E-state index contributed by atoms with van der Waals surface area (Å²) in [5, 5.41) is 9.26. The van der Waals surface area contributed by atoms with Crippen molar-refractivity contribution in [1.29, 1.82) is 0 Å². The fraction of sp³-hybridized carbons (Fsp3) is 0.636. The van der Waals surface area contributed by atoms with E-state index in [1.165, 1.54) is 13.2 Å². The molecule has 3 aliphatic rings. The lowest BCUT2D eigenvalue weighted by molar-refractivity contribution is -0.157. The molecule has 0 radical (unpaired) electrons. The van der Waals surface area contributed by atoms with E-state index in [1.807, 2.05) is 27.7 Å². The number of esters is 1. The molecule has 11 heteroatoms. The van der Waals surface area contributed by atoms with E-state index >= 15 is 0 Å². The first kappa shape index (κ1) is 33.8. The highest BCUT2D eigenvalue weighted by Crippen LogP contribution is 2.50. The van der Waals surface area contributed by atoms with E-state index in [4.69, 9.17) is 25.8 Å². The standard InChI is InChI=1S/C33H46ClN3O7/c1-18(2)15-24-30(40)44-25(19(3)28-20(4)43-28)9-8-10-27(38)35-23(17-21-11-12-26(42-7)22(34)16-21)29(39)37-33(13-14-33)32(5,6)31(41)36-24/h8,10-12,16,18-20,23-25,28H,9,13-15,17H2,1-7H3,(H,35,38)(H,36,41)(H,37,39)/b10-8+/t19-,20+,23+,24-,25-,28+/m0/s1. The summed E-state index contributed by atoms with van der Waals surface area (Å²) in [5.41, 5.74) is -1.17. The molecule has 1 aromatic rings. The number of benzene rings is 1. The number of nitrogens with one attached hydrogen (secondary N) is 3. The Hall–Kier alpha value is -3.11. The maximum Gasteiger partial charge on any atom is 0.328 e. The molecule has 3 N–H and O–H groups in total. The third-order valence-corrected chi connectivity index (χ3v) is 9.53. The molecule has 242 valence electrons. The number of methoxy groups -OCH3 is 1. The van der Waals surface area contributed by atoms with Crippen LogP contribution in [-0.4, -0.2) is 66.7 Å². The fourth-order valence-corrected chi connectivity index (χ4v) is 6.25. The second kappa shape index (κ2) is 13.5. The van der Waals surface area contributed by atoms with Crippen LogP contribution < -0.4 is 20.7 Å². The van der Waals surface area contributed by atoms with E-state index < -0.39 is 46.9 Å². The van der Waals surface area contributed by atoms with E-state index in [0.717, 1.165) is 5.56 Å². The first-order valence-corrected chi connectivity index (χ1v) is 15.8. The van der Waals surface area contributed by atoms with Crippen LogP contribution in [0.2, 0.25) is 5.02 Å². The van der Waals surface area contributed by atoms with Gasteiger partial charge in [-0.05, 0) is 69.7 Å². The summed E-state index contributed by atoms with van der Waals surface area (Å²) in [5.74, 6) is -1.28. The monoisotopic (exact) mass is 631 g/mol. The Morgan fingerprint density at radius 1 is 1.07 bits per heavy atom. The zero-order valence-electron chi connectivity index (χ0n) is 26.7. The number of ether oxygens (including phenoxy) is 3. The molecule has 44 heavy (non-hydrogen) atoms. The predicted octanol–water partition coefficient (Wildman–Crippen LogP) is 3.88. The van der Waals surface area contributed by atoms with Crippen molar-refractivity contribution in [3.05, 3.63) is 40.9 Å². The number of carbonyl (C=O) groups excluding carboxylic acids is 4. The summed E-state index contributed by atoms with van der Waals surface area (Å²) in [7, 11) is 1.52. The van der Waals surface area contributed by atoms with Gasteiger partial charge in [0.25, 0.3) is 0 Å². The quantitative estimate of drug-likeness (QED) is 0.307. The Bertz CT molecular complexity index is 1290. The van der Waals surface area contributed by atoms with Gasteiger partial charge >= 0.3 is 5.97 Å². The minimum Gasteiger partial charge on any atom is -0.495 e. The smallest absolute Gasteiger partial charge is 0.328 e. The Kier molecular flexibility index (Phi) is 10.4. The molecular formula is C33H46ClN3O7. The van der Waals surface area contributed by atoms with Crippen molar-refractivity contribution in [2.24, 2.45) is 17.3 Å². The zero-order valence-corrected chi connectivity index (χ0v) is 27.5. The van der Waals surface area contributed by atoms with Crippen LogP contribution in [0.3, 0.4) is 0 Å². The number of amides is 3. The van der Waals surface area contributed by atoms with Crippen LogP contribution in [-0.2, 0) is 35.1 Å². The zero-order chi connectivity index (χ0) is 32.4. The molecule has 2 heterocycles. The summed E-state index contributed by atoms with van der Waals surface area (Å²) in [6.45, 7) is 11.4. The number of hydrogen-bond acceptors (Lipinski definition) is 7. The molecule has 10 nitrogen and oxygen atoms in total. The summed E-state index contributed by atoms with van der Waals surface area (Å²) in [4.78, 5) is 54.3. The molecule has 1 spiro atoms. The Morgan fingerprint density at radius 3 is 2.32 bits per heavy atom. The number of halogens is 1. The van der Waals surface area contributed by atoms with Crippen LogP contribution in [0.25, 0.3) is 0 Å².